The molecule has 0 aromatic heterocycles. The highest BCUT2D eigenvalue weighted by Crippen LogP contribution is 2.40. The first kappa shape index (κ1) is 20.7. The second-order valence-corrected chi connectivity index (χ2v) is 7.01. The number of benzene rings is 1. The molecule has 154 valence electrons. The molecule has 1 N–H and O–H groups in total. The molecule has 8 heteroatoms. The molecular formula is C21H26N4O4. The zero-order chi connectivity index (χ0) is 21.1. The van der Waals surface area contributed by atoms with E-state index in [0.717, 1.165) is 24.3 Å². The second kappa shape index (κ2) is 8.55. The molecule has 3 atom stereocenters. The Labute approximate surface area is 170 Å². The van der Waals surface area contributed by atoms with E-state index in [9.17, 15) is 14.4 Å². The number of urea groups is 1. The summed E-state index contributed by atoms with van der Waals surface area (Å²) in [7, 11) is 0. The van der Waals surface area contributed by atoms with E-state index < -0.39 is 35.7 Å². The number of imide groups is 1. The summed E-state index contributed by atoms with van der Waals surface area (Å²) >= 11 is 0. The molecule has 0 bridgehead atoms. The van der Waals surface area contributed by atoms with E-state index in [4.69, 9.17) is 4.74 Å². The van der Waals surface area contributed by atoms with Gasteiger partial charge in [-0.1, -0.05) is 12.1 Å². The van der Waals surface area contributed by atoms with Gasteiger partial charge < -0.3 is 9.64 Å². The Balaban J connectivity index is 2.09. The fraction of sp³-hybridized carbons (Fsp3) is 0.476. The van der Waals surface area contributed by atoms with Crippen LogP contribution in [0.2, 0.25) is 0 Å². The normalized spacial score (nSPS) is 23.5. The zero-order valence-corrected chi connectivity index (χ0v) is 17.1. The van der Waals surface area contributed by atoms with Crippen molar-refractivity contribution in [1.82, 2.24) is 5.32 Å². The number of hydrogen-bond acceptors (Lipinski definition) is 6. The van der Waals surface area contributed by atoms with Crippen LogP contribution in [0.5, 0.6) is 0 Å². The maximum atomic E-state index is 12.8. The van der Waals surface area contributed by atoms with Crippen LogP contribution in [-0.4, -0.2) is 49.2 Å². The number of fused-ring (bicyclic) bond motifs is 1. The molecule has 2 heterocycles. The highest BCUT2D eigenvalue weighted by molar-refractivity contribution is 6.22. The number of anilines is 1. The van der Waals surface area contributed by atoms with Crippen LogP contribution in [0, 0.1) is 11.8 Å². The summed E-state index contributed by atoms with van der Waals surface area (Å²) in [5, 5.41) is 2.24. The average molecular weight is 398 g/mol. The van der Waals surface area contributed by atoms with Gasteiger partial charge in [0.1, 0.15) is 17.7 Å². The van der Waals surface area contributed by atoms with E-state index in [-0.39, 0.29) is 12.4 Å². The largest absolute Gasteiger partial charge is 0.465 e. The molecule has 1 aromatic carbocycles. The third-order valence-corrected chi connectivity index (χ3v) is 5.41. The van der Waals surface area contributed by atoms with Crippen molar-refractivity contribution in [2.75, 3.05) is 24.6 Å². The average Bonchev–Trinajstić information content (AvgIpc) is 2.68. The van der Waals surface area contributed by atoms with Crippen molar-refractivity contribution in [3.63, 3.8) is 0 Å². The number of nitrogens with one attached hydrogen (secondary N) is 1. The van der Waals surface area contributed by atoms with Crippen LogP contribution in [0.15, 0.2) is 34.3 Å². The second-order valence-electron chi connectivity index (χ2n) is 7.01. The third-order valence-electron chi connectivity index (χ3n) is 5.41. The number of amides is 3. The number of ether oxygens (including phenoxy) is 1. The molecule has 2 aliphatic rings. The van der Waals surface area contributed by atoms with Crippen molar-refractivity contribution in [1.29, 1.82) is 0 Å². The van der Waals surface area contributed by atoms with E-state index in [1.807, 2.05) is 24.3 Å². The summed E-state index contributed by atoms with van der Waals surface area (Å²) in [5.74, 6) is -2.89. The van der Waals surface area contributed by atoms with Gasteiger partial charge in [0, 0.05) is 30.4 Å². The lowest BCUT2D eigenvalue weighted by Gasteiger charge is -2.36. The number of aliphatic imine (C=N–C) groups is 2. The quantitative estimate of drug-likeness (QED) is 0.742. The van der Waals surface area contributed by atoms with Crippen LogP contribution < -0.4 is 10.2 Å². The van der Waals surface area contributed by atoms with E-state index in [0.29, 0.717) is 5.71 Å². The van der Waals surface area contributed by atoms with Crippen molar-refractivity contribution in [3.05, 3.63) is 29.8 Å². The molecule has 3 rings (SSSR count). The van der Waals surface area contributed by atoms with E-state index in [1.165, 1.54) is 0 Å². The first-order valence-electron chi connectivity index (χ1n) is 9.91. The SMILES string of the molecule is CCOC(=O)C1C(C)=NC2=NC(=O)NC(=O)C2C1c1ccc(N(CC)CC)cc1. The first-order chi connectivity index (χ1) is 13.9. The third kappa shape index (κ3) is 3.92. The Morgan fingerprint density at radius 1 is 1.10 bits per heavy atom. The van der Waals surface area contributed by atoms with Crippen LogP contribution >= 0.6 is 0 Å². The van der Waals surface area contributed by atoms with Gasteiger partial charge in [-0.25, -0.2) is 9.79 Å². The van der Waals surface area contributed by atoms with Gasteiger partial charge in [0.2, 0.25) is 5.91 Å². The van der Waals surface area contributed by atoms with E-state index >= 15 is 0 Å². The summed E-state index contributed by atoms with van der Waals surface area (Å²) in [6.07, 6.45) is 0. The lowest BCUT2D eigenvalue weighted by Crippen LogP contribution is -2.51. The Morgan fingerprint density at radius 3 is 2.34 bits per heavy atom. The summed E-state index contributed by atoms with van der Waals surface area (Å²) < 4.78 is 5.27. The molecule has 1 aromatic rings. The first-order valence-corrected chi connectivity index (χ1v) is 9.91. The number of carbonyl (C=O) groups excluding carboxylic acids is 3. The van der Waals surface area contributed by atoms with Gasteiger partial charge in [0.05, 0.1) is 6.61 Å². The molecule has 2 aliphatic heterocycles. The highest BCUT2D eigenvalue weighted by atomic mass is 16.5. The zero-order valence-electron chi connectivity index (χ0n) is 17.1. The van der Waals surface area contributed by atoms with Gasteiger partial charge in [-0.15, -0.1) is 0 Å². The molecule has 3 amide bonds. The fourth-order valence-electron chi connectivity index (χ4n) is 4.05. The summed E-state index contributed by atoms with van der Waals surface area (Å²) in [6, 6.07) is 7.07. The van der Waals surface area contributed by atoms with Crippen molar-refractivity contribution < 1.29 is 19.1 Å². The predicted octanol–water partition coefficient (Wildman–Crippen LogP) is 2.53. The molecule has 0 fully saturated rings. The topological polar surface area (TPSA) is 100 Å². The van der Waals surface area contributed by atoms with Gasteiger partial charge >= 0.3 is 12.0 Å². The monoisotopic (exact) mass is 398 g/mol. The molecular weight excluding hydrogens is 372 g/mol. The standard InChI is InChI=1S/C21H26N4O4/c1-5-25(6-2)14-10-8-13(9-11-14)16-15(20(27)29-7-3)12(4)22-18-17(16)19(26)24-21(28)23-18/h8-11,15-17H,5-7H2,1-4H3,(H,24,26,28). The Bertz CT molecular complexity index is 871. The van der Waals surface area contributed by atoms with Gasteiger partial charge in [0.25, 0.3) is 0 Å². The Morgan fingerprint density at radius 2 is 1.76 bits per heavy atom. The molecule has 3 unspecified atom stereocenters. The number of amidine groups is 1. The minimum Gasteiger partial charge on any atom is -0.465 e. The molecule has 0 radical (unpaired) electrons. The smallest absolute Gasteiger partial charge is 0.349 e. The van der Waals surface area contributed by atoms with Gasteiger partial charge in [-0.05, 0) is 45.4 Å². The lowest BCUT2D eigenvalue weighted by atomic mass is 9.71. The lowest BCUT2D eigenvalue weighted by molar-refractivity contribution is -0.146. The van der Waals surface area contributed by atoms with Crippen LogP contribution in [0.3, 0.4) is 0 Å². The Kier molecular flexibility index (Phi) is 6.10. The fourth-order valence-corrected chi connectivity index (χ4v) is 4.05. The van der Waals surface area contributed by atoms with E-state index in [2.05, 4.69) is 34.0 Å². The molecule has 0 aliphatic carbocycles. The molecule has 0 saturated carbocycles. The van der Waals surface area contributed by atoms with Crippen molar-refractivity contribution in [2.45, 2.75) is 33.6 Å². The van der Waals surface area contributed by atoms with Crippen LogP contribution in [0.25, 0.3) is 0 Å². The van der Waals surface area contributed by atoms with Crippen LogP contribution in [0.1, 0.15) is 39.2 Å². The number of esters is 1. The summed E-state index contributed by atoms with van der Waals surface area (Å²) in [5.41, 5.74) is 2.35. The number of rotatable bonds is 6. The Hall–Kier alpha value is -3.03. The maximum absolute atomic E-state index is 12.8. The summed E-state index contributed by atoms with van der Waals surface area (Å²) in [4.78, 5) is 47.5. The minimum atomic E-state index is -0.829. The van der Waals surface area contributed by atoms with Crippen LogP contribution in [-0.2, 0) is 14.3 Å². The molecule has 29 heavy (non-hydrogen) atoms. The van der Waals surface area contributed by atoms with Crippen molar-refractivity contribution in [3.8, 4) is 0 Å². The van der Waals surface area contributed by atoms with Crippen LogP contribution in [0.4, 0.5) is 10.5 Å². The summed E-state index contributed by atoms with van der Waals surface area (Å²) in [6.45, 7) is 9.59. The molecule has 8 nitrogen and oxygen atoms in total. The van der Waals surface area contributed by atoms with Crippen molar-refractivity contribution in [2.24, 2.45) is 21.8 Å². The number of nitrogens with zero attached hydrogens (tertiary/aromatic N) is 3. The highest BCUT2D eigenvalue weighted by Gasteiger charge is 2.49. The molecule has 0 saturated heterocycles. The predicted molar refractivity (Wildman–Crippen MR) is 110 cm³/mol. The van der Waals surface area contributed by atoms with Crippen molar-refractivity contribution >= 4 is 35.1 Å². The molecule has 0 spiro atoms. The van der Waals surface area contributed by atoms with E-state index in [1.54, 1.807) is 13.8 Å². The minimum absolute atomic E-state index is 0.148. The van der Waals surface area contributed by atoms with Gasteiger partial charge in [0.15, 0.2) is 0 Å². The van der Waals surface area contributed by atoms with Gasteiger partial charge in [-0.2, -0.15) is 4.99 Å². The number of hydrogen-bond donors (Lipinski definition) is 1. The van der Waals surface area contributed by atoms with Gasteiger partial charge in [-0.3, -0.25) is 14.9 Å². The maximum Gasteiger partial charge on any atom is 0.349 e. The number of carbonyl (C=O) groups is 3.